The fourth-order valence-electron chi connectivity index (χ4n) is 5.59. The molecule has 0 radical (unpaired) electrons. The fraction of sp³-hybridized carbons (Fsp3) is 0.828. The average Bonchev–Trinajstić information content (AvgIpc) is 3.31. The van der Waals surface area contributed by atoms with Crippen molar-refractivity contribution in [2.24, 2.45) is 17.8 Å². The number of hydrogen-bond acceptors (Lipinski definition) is 3. The molecule has 0 heterocycles. The van der Waals surface area contributed by atoms with Gasteiger partial charge in [0.05, 0.1) is 12.2 Å². The number of hydrogen-bond donors (Lipinski definition) is 2. The summed E-state index contributed by atoms with van der Waals surface area (Å²) in [5, 5.41) is 20.8. The standard InChI is InChI=1S/C29H51NO3/c1-4-7-10-14-25(31)16-17-26-27-21-23(20-24(27)22-28(26)32)13-11-12-15-29(33)30(18-8-5-2)19-9-6-3/h16-17,20,24-28,31-32H,4-15,18-19,21-22H2,1-3H3/b17-16+/t24-,25-,26+,27-,28+/m0/s1. The highest BCUT2D eigenvalue weighted by Gasteiger charge is 2.43. The minimum Gasteiger partial charge on any atom is -0.392 e. The van der Waals surface area contributed by atoms with Gasteiger partial charge in [-0.3, -0.25) is 4.79 Å². The highest BCUT2D eigenvalue weighted by molar-refractivity contribution is 5.76. The maximum absolute atomic E-state index is 12.7. The zero-order valence-corrected chi connectivity index (χ0v) is 21.7. The highest BCUT2D eigenvalue weighted by Crippen LogP contribution is 2.48. The number of unbranched alkanes of at least 4 members (excludes halogenated alkanes) is 5. The molecule has 1 fully saturated rings. The van der Waals surface area contributed by atoms with E-state index in [4.69, 9.17) is 0 Å². The monoisotopic (exact) mass is 461 g/mol. The van der Waals surface area contributed by atoms with Crippen LogP contribution in [-0.4, -0.2) is 46.3 Å². The second kappa shape index (κ2) is 15.7. The van der Waals surface area contributed by atoms with Gasteiger partial charge in [0.1, 0.15) is 0 Å². The predicted molar refractivity (Wildman–Crippen MR) is 138 cm³/mol. The molecule has 1 saturated carbocycles. The normalized spacial score (nSPS) is 25.4. The molecule has 0 aromatic rings. The van der Waals surface area contributed by atoms with Gasteiger partial charge in [0.25, 0.3) is 0 Å². The SMILES string of the molecule is CCCCC[C@H](O)/C=C/[C@@H]1[C@H]2CC(CCCCC(=O)N(CCCC)CCCC)=C[C@H]2C[C@H]1O. The lowest BCUT2D eigenvalue weighted by molar-refractivity contribution is -0.131. The lowest BCUT2D eigenvalue weighted by atomic mass is 9.88. The third kappa shape index (κ3) is 9.56. The predicted octanol–water partition coefficient (Wildman–Crippen LogP) is 6.42. The van der Waals surface area contributed by atoms with Crippen molar-refractivity contribution in [2.75, 3.05) is 13.1 Å². The van der Waals surface area contributed by atoms with Gasteiger partial charge in [0.2, 0.25) is 5.91 Å². The van der Waals surface area contributed by atoms with E-state index >= 15 is 0 Å². The number of allylic oxidation sites excluding steroid dienone is 2. The van der Waals surface area contributed by atoms with E-state index in [1.807, 2.05) is 6.08 Å². The van der Waals surface area contributed by atoms with Crippen molar-refractivity contribution in [2.45, 2.75) is 123 Å². The number of nitrogens with zero attached hydrogens (tertiary/aromatic N) is 1. The molecule has 2 aliphatic rings. The first kappa shape index (κ1) is 28.1. The Morgan fingerprint density at radius 2 is 1.76 bits per heavy atom. The molecule has 33 heavy (non-hydrogen) atoms. The third-order valence-corrected chi connectivity index (χ3v) is 7.66. The first-order chi connectivity index (χ1) is 16.0. The van der Waals surface area contributed by atoms with Crippen molar-refractivity contribution in [1.82, 2.24) is 4.90 Å². The summed E-state index contributed by atoms with van der Waals surface area (Å²) in [5.74, 6) is 1.45. The summed E-state index contributed by atoms with van der Waals surface area (Å²) < 4.78 is 0. The lowest BCUT2D eigenvalue weighted by Crippen LogP contribution is -2.32. The lowest BCUT2D eigenvalue weighted by Gasteiger charge is -2.22. The summed E-state index contributed by atoms with van der Waals surface area (Å²) in [4.78, 5) is 14.7. The second-order valence-corrected chi connectivity index (χ2v) is 10.5. The maximum Gasteiger partial charge on any atom is 0.222 e. The van der Waals surface area contributed by atoms with Crippen molar-refractivity contribution in [1.29, 1.82) is 0 Å². The van der Waals surface area contributed by atoms with E-state index < -0.39 is 0 Å². The second-order valence-electron chi connectivity index (χ2n) is 10.5. The van der Waals surface area contributed by atoms with E-state index in [9.17, 15) is 15.0 Å². The van der Waals surface area contributed by atoms with Crippen molar-refractivity contribution in [3.8, 4) is 0 Å². The molecule has 190 valence electrons. The zero-order chi connectivity index (χ0) is 24.1. The van der Waals surface area contributed by atoms with Crippen molar-refractivity contribution < 1.29 is 15.0 Å². The molecule has 4 nitrogen and oxygen atoms in total. The van der Waals surface area contributed by atoms with Gasteiger partial charge in [-0.1, -0.05) is 76.7 Å². The largest absolute Gasteiger partial charge is 0.392 e. The topological polar surface area (TPSA) is 60.8 Å². The highest BCUT2D eigenvalue weighted by atomic mass is 16.3. The summed E-state index contributed by atoms with van der Waals surface area (Å²) in [6.45, 7) is 8.36. The first-order valence-electron chi connectivity index (χ1n) is 14.0. The van der Waals surface area contributed by atoms with Gasteiger partial charge in [-0.25, -0.2) is 0 Å². The molecule has 5 atom stereocenters. The van der Waals surface area contributed by atoms with Crippen LogP contribution in [0.15, 0.2) is 23.8 Å². The number of carbonyl (C=O) groups is 1. The molecule has 2 aliphatic carbocycles. The number of fused-ring (bicyclic) bond motifs is 1. The van der Waals surface area contributed by atoms with E-state index in [0.717, 1.165) is 90.1 Å². The maximum atomic E-state index is 12.7. The number of rotatable bonds is 17. The third-order valence-electron chi connectivity index (χ3n) is 7.66. The molecule has 4 heteroatoms. The summed E-state index contributed by atoms with van der Waals surface area (Å²) in [7, 11) is 0. The summed E-state index contributed by atoms with van der Waals surface area (Å²) >= 11 is 0. The fourth-order valence-corrected chi connectivity index (χ4v) is 5.59. The minimum atomic E-state index is -0.386. The van der Waals surface area contributed by atoms with Crippen molar-refractivity contribution in [3.05, 3.63) is 23.8 Å². The Labute approximate surface area is 203 Å². The Hall–Kier alpha value is -1.13. The molecular formula is C29H51NO3. The van der Waals surface area contributed by atoms with Crippen LogP contribution in [0.25, 0.3) is 0 Å². The molecule has 0 aromatic heterocycles. The Kier molecular flexibility index (Phi) is 13.4. The Morgan fingerprint density at radius 3 is 2.42 bits per heavy atom. The molecule has 2 N–H and O–H groups in total. The Morgan fingerprint density at radius 1 is 1.06 bits per heavy atom. The molecule has 0 aromatic carbocycles. The van der Waals surface area contributed by atoms with Crippen LogP contribution >= 0.6 is 0 Å². The van der Waals surface area contributed by atoms with Crippen molar-refractivity contribution >= 4 is 5.91 Å². The van der Waals surface area contributed by atoms with Crippen LogP contribution in [-0.2, 0) is 4.79 Å². The van der Waals surface area contributed by atoms with Crippen molar-refractivity contribution in [3.63, 3.8) is 0 Å². The van der Waals surface area contributed by atoms with Crippen LogP contribution in [0, 0.1) is 17.8 Å². The molecular weight excluding hydrogens is 410 g/mol. The zero-order valence-electron chi connectivity index (χ0n) is 21.7. The summed E-state index contributed by atoms with van der Waals surface area (Å²) in [6, 6.07) is 0. The van der Waals surface area contributed by atoms with Gasteiger partial charge < -0.3 is 15.1 Å². The van der Waals surface area contributed by atoms with Crippen LogP contribution < -0.4 is 0 Å². The Bertz CT molecular complexity index is 606. The van der Waals surface area contributed by atoms with Crippen LogP contribution in [0.5, 0.6) is 0 Å². The number of carbonyl (C=O) groups excluding carboxylic acids is 1. The first-order valence-corrected chi connectivity index (χ1v) is 14.0. The van der Waals surface area contributed by atoms with Gasteiger partial charge in [0.15, 0.2) is 0 Å². The number of amides is 1. The van der Waals surface area contributed by atoms with Gasteiger partial charge in [0, 0.05) is 25.4 Å². The molecule has 0 bridgehead atoms. The van der Waals surface area contributed by atoms with Gasteiger partial charge >= 0.3 is 0 Å². The molecule has 0 saturated heterocycles. The quantitative estimate of drug-likeness (QED) is 0.194. The van der Waals surface area contributed by atoms with Gasteiger partial charge in [-0.2, -0.15) is 0 Å². The van der Waals surface area contributed by atoms with Crippen LogP contribution in [0.3, 0.4) is 0 Å². The number of aliphatic hydroxyl groups is 2. The van der Waals surface area contributed by atoms with Gasteiger partial charge in [-0.15, -0.1) is 0 Å². The van der Waals surface area contributed by atoms with Gasteiger partial charge in [-0.05, 0) is 63.2 Å². The molecule has 0 spiro atoms. The van der Waals surface area contributed by atoms with E-state index in [2.05, 4.69) is 37.8 Å². The minimum absolute atomic E-state index is 0.164. The summed E-state index contributed by atoms with van der Waals surface area (Å²) in [6.07, 6.45) is 20.2. The van der Waals surface area contributed by atoms with E-state index in [0.29, 0.717) is 24.2 Å². The van der Waals surface area contributed by atoms with Crippen LogP contribution in [0.2, 0.25) is 0 Å². The van der Waals surface area contributed by atoms with Crippen LogP contribution in [0.4, 0.5) is 0 Å². The van der Waals surface area contributed by atoms with E-state index in [-0.39, 0.29) is 18.1 Å². The molecule has 1 amide bonds. The Balaban J connectivity index is 1.73. The molecule has 0 aliphatic heterocycles. The number of aliphatic hydroxyl groups excluding tert-OH is 2. The van der Waals surface area contributed by atoms with Crippen LogP contribution in [0.1, 0.15) is 111 Å². The molecule has 2 rings (SSSR count). The van der Waals surface area contributed by atoms with E-state index in [1.54, 1.807) is 0 Å². The van der Waals surface area contributed by atoms with E-state index in [1.165, 1.54) is 12.0 Å². The average molecular weight is 462 g/mol. The summed E-state index contributed by atoms with van der Waals surface area (Å²) in [5.41, 5.74) is 1.51. The molecule has 0 unspecified atom stereocenters. The smallest absolute Gasteiger partial charge is 0.222 e.